The minimum Gasteiger partial charge on any atom is -0.375 e. The van der Waals surface area contributed by atoms with Crippen LogP contribution in [0.3, 0.4) is 0 Å². The smallest absolute Gasteiger partial charge is 0.0631 e. The summed E-state index contributed by atoms with van der Waals surface area (Å²) >= 11 is 0. The molecule has 1 saturated carbocycles. The Kier molecular flexibility index (Phi) is 2.40. The molecule has 0 aromatic rings. The van der Waals surface area contributed by atoms with Gasteiger partial charge in [0.2, 0.25) is 0 Å². The summed E-state index contributed by atoms with van der Waals surface area (Å²) in [6.45, 7) is 4.63. The highest BCUT2D eigenvalue weighted by molar-refractivity contribution is 4.89. The zero-order chi connectivity index (χ0) is 8.55. The van der Waals surface area contributed by atoms with Gasteiger partial charge in [0.1, 0.15) is 0 Å². The molecule has 1 aliphatic carbocycles. The minimum absolute atomic E-state index is 0.655. The topological polar surface area (TPSA) is 9.23 Å². The van der Waals surface area contributed by atoms with Crippen molar-refractivity contribution in [1.29, 1.82) is 0 Å². The van der Waals surface area contributed by atoms with Crippen LogP contribution in [-0.4, -0.2) is 12.2 Å². The van der Waals surface area contributed by atoms with Crippen LogP contribution >= 0.6 is 0 Å². The summed E-state index contributed by atoms with van der Waals surface area (Å²) in [5.74, 6) is 1.76. The maximum atomic E-state index is 5.72. The molecule has 3 aliphatic rings. The van der Waals surface area contributed by atoms with Crippen LogP contribution in [0.25, 0.3) is 0 Å². The fraction of sp³-hybridized carbons (Fsp3) is 1.00. The fourth-order valence-electron chi connectivity index (χ4n) is 2.45. The molecule has 2 bridgehead atoms. The Hall–Kier alpha value is -0.0400. The molecule has 0 spiro atoms. The summed E-state index contributed by atoms with van der Waals surface area (Å²) in [5.41, 5.74) is 0. The lowest BCUT2D eigenvalue weighted by Gasteiger charge is -2.47. The van der Waals surface area contributed by atoms with Crippen LogP contribution in [0, 0.1) is 11.8 Å². The molecule has 2 aliphatic heterocycles. The van der Waals surface area contributed by atoms with Crippen molar-refractivity contribution < 1.29 is 4.74 Å². The zero-order valence-corrected chi connectivity index (χ0v) is 8.25. The Bertz CT molecular complexity index is 144. The third-order valence-electron chi connectivity index (χ3n) is 3.36. The van der Waals surface area contributed by atoms with Gasteiger partial charge in [-0.15, -0.1) is 0 Å². The quantitative estimate of drug-likeness (QED) is 0.629. The van der Waals surface area contributed by atoms with E-state index in [0.29, 0.717) is 12.2 Å². The Morgan fingerprint density at radius 2 is 2.08 bits per heavy atom. The van der Waals surface area contributed by atoms with Crippen molar-refractivity contribution in [3.63, 3.8) is 0 Å². The van der Waals surface area contributed by atoms with Crippen LogP contribution in [-0.2, 0) is 4.74 Å². The lowest BCUT2D eigenvalue weighted by Crippen LogP contribution is -2.47. The number of rotatable bonds is 3. The zero-order valence-electron chi connectivity index (χ0n) is 8.25. The second kappa shape index (κ2) is 3.37. The first-order valence-electron chi connectivity index (χ1n) is 5.41. The van der Waals surface area contributed by atoms with Gasteiger partial charge in [-0.05, 0) is 31.1 Å². The molecule has 1 nitrogen and oxygen atoms in total. The first-order valence-corrected chi connectivity index (χ1v) is 5.41. The van der Waals surface area contributed by atoms with Gasteiger partial charge in [0, 0.05) is 6.42 Å². The summed E-state index contributed by atoms with van der Waals surface area (Å²) in [7, 11) is 0. The molecule has 0 aromatic heterocycles. The van der Waals surface area contributed by atoms with Crippen LogP contribution in [0.4, 0.5) is 0 Å². The van der Waals surface area contributed by atoms with E-state index >= 15 is 0 Å². The van der Waals surface area contributed by atoms with Gasteiger partial charge in [0.15, 0.2) is 0 Å². The van der Waals surface area contributed by atoms with Crippen LogP contribution < -0.4 is 0 Å². The molecule has 0 amide bonds. The maximum absolute atomic E-state index is 5.72. The number of hydrogen-bond donors (Lipinski definition) is 0. The van der Waals surface area contributed by atoms with E-state index in [2.05, 4.69) is 13.8 Å². The Balaban J connectivity index is 1.72. The molecule has 3 rings (SSSR count). The molecule has 0 N–H and O–H groups in total. The molecule has 2 saturated heterocycles. The van der Waals surface area contributed by atoms with E-state index in [1.165, 1.54) is 32.1 Å². The van der Waals surface area contributed by atoms with Crippen molar-refractivity contribution in [2.24, 2.45) is 11.8 Å². The van der Waals surface area contributed by atoms with Crippen LogP contribution in [0.15, 0.2) is 0 Å². The molecule has 2 heterocycles. The van der Waals surface area contributed by atoms with Crippen LogP contribution in [0.2, 0.25) is 0 Å². The van der Waals surface area contributed by atoms with Gasteiger partial charge in [-0.2, -0.15) is 0 Å². The third kappa shape index (κ3) is 1.66. The fourth-order valence-corrected chi connectivity index (χ4v) is 2.45. The largest absolute Gasteiger partial charge is 0.375 e. The second-order valence-corrected chi connectivity index (χ2v) is 4.84. The van der Waals surface area contributed by atoms with Crippen molar-refractivity contribution in [2.45, 2.75) is 58.2 Å². The lowest BCUT2D eigenvalue weighted by molar-refractivity contribution is -0.186. The second-order valence-electron chi connectivity index (χ2n) is 4.84. The first-order chi connectivity index (χ1) is 5.75. The van der Waals surface area contributed by atoms with E-state index in [9.17, 15) is 0 Å². The summed E-state index contributed by atoms with van der Waals surface area (Å²) in [6, 6.07) is 0. The number of ether oxygens (including phenoxy) is 1. The van der Waals surface area contributed by atoms with E-state index in [4.69, 9.17) is 4.74 Å². The summed E-state index contributed by atoms with van der Waals surface area (Å²) in [4.78, 5) is 0. The van der Waals surface area contributed by atoms with E-state index < -0.39 is 0 Å². The van der Waals surface area contributed by atoms with Crippen molar-refractivity contribution in [2.75, 3.05) is 0 Å². The van der Waals surface area contributed by atoms with Gasteiger partial charge in [0.05, 0.1) is 12.2 Å². The third-order valence-corrected chi connectivity index (χ3v) is 3.36. The average molecular weight is 168 g/mol. The van der Waals surface area contributed by atoms with Crippen molar-refractivity contribution in [3.05, 3.63) is 0 Å². The average Bonchev–Trinajstić information content (AvgIpc) is 2.00. The van der Waals surface area contributed by atoms with Crippen molar-refractivity contribution in [3.8, 4) is 0 Å². The molecular weight excluding hydrogens is 148 g/mol. The van der Waals surface area contributed by atoms with Crippen LogP contribution in [0.5, 0.6) is 0 Å². The van der Waals surface area contributed by atoms with Crippen molar-refractivity contribution in [1.82, 2.24) is 0 Å². The van der Waals surface area contributed by atoms with Gasteiger partial charge >= 0.3 is 0 Å². The summed E-state index contributed by atoms with van der Waals surface area (Å²) < 4.78 is 5.72. The minimum atomic E-state index is 0.655. The summed E-state index contributed by atoms with van der Waals surface area (Å²) in [6.07, 6.45) is 8.22. The molecule has 0 aromatic carbocycles. The van der Waals surface area contributed by atoms with E-state index in [1.54, 1.807) is 0 Å². The maximum Gasteiger partial charge on any atom is 0.0631 e. The van der Waals surface area contributed by atoms with Gasteiger partial charge in [-0.3, -0.25) is 0 Å². The standard InChI is InChI=1S/C11H20O/c1-8(2)3-4-9-5-6-10-7-11(9)12-10/h8-11H,3-7H2,1-2H3. The predicted molar refractivity (Wildman–Crippen MR) is 50.1 cm³/mol. The molecular formula is C11H20O. The molecule has 1 heteroatoms. The van der Waals surface area contributed by atoms with Gasteiger partial charge in [0.25, 0.3) is 0 Å². The predicted octanol–water partition coefficient (Wildman–Crippen LogP) is 2.99. The van der Waals surface area contributed by atoms with Gasteiger partial charge in [-0.25, -0.2) is 0 Å². The number of fused-ring (bicyclic) bond motifs is 2. The summed E-state index contributed by atoms with van der Waals surface area (Å²) in [5, 5.41) is 0. The molecule has 12 heavy (non-hydrogen) atoms. The van der Waals surface area contributed by atoms with Gasteiger partial charge < -0.3 is 4.74 Å². The normalized spacial score (nSPS) is 39.8. The van der Waals surface area contributed by atoms with E-state index in [1.807, 2.05) is 0 Å². The molecule has 3 unspecified atom stereocenters. The molecule has 3 atom stereocenters. The first kappa shape index (κ1) is 8.55. The molecule has 70 valence electrons. The molecule has 0 radical (unpaired) electrons. The van der Waals surface area contributed by atoms with Crippen molar-refractivity contribution >= 4 is 0 Å². The molecule has 3 fully saturated rings. The number of hydrogen-bond acceptors (Lipinski definition) is 1. The van der Waals surface area contributed by atoms with Gasteiger partial charge in [-0.1, -0.05) is 20.3 Å². The SMILES string of the molecule is CC(C)CCC1CCC2CC1O2. The highest BCUT2D eigenvalue weighted by Gasteiger charge is 2.40. The van der Waals surface area contributed by atoms with E-state index in [-0.39, 0.29) is 0 Å². The van der Waals surface area contributed by atoms with E-state index in [0.717, 1.165) is 11.8 Å². The Labute approximate surface area is 75.5 Å². The Morgan fingerprint density at radius 1 is 1.33 bits per heavy atom. The van der Waals surface area contributed by atoms with Crippen LogP contribution in [0.1, 0.15) is 46.0 Å². The highest BCUT2D eigenvalue weighted by Crippen LogP contribution is 2.41. The monoisotopic (exact) mass is 168 g/mol. The Morgan fingerprint density at radius 3 is 2.58 bits per heavy atom. The lowest BCUT2D eigenvalue weighted by atomic mass is 9.77. The highest BCUT2D eigenvalue weighted by atomic mass is 16.5.